The van der Waals surface area contributed by atoms with Crippen LogP contribution in [0.25, 0.3) is 16.9 Å². The summed E-state index contributed by atoms with van der Waals surface area (Å²) in [6, 6.07) is 22.0. The highest BCUT2D eigenvalue weighted by atomic mass is 16.5. The third-order valence-corrected chi connectivity index (χ3v) is 3.92. The molecular weight excluding hydrogens is 300 g/mol. The van der Waals surface area contributed by atoms with E-state index in [0.717, 1.165) is 34.0 Å². The van der Waals surface area contributed by atoms with Gasteiger partial charge in [-0.3, -0.25) is 0 Å². The Morgan fingerprint density at radius 2 is 1.67 bits per heavy atom. The summed E-state index contributed by atoms with van der Waals surface area (Å²) in [5.41, 5.74) is 3.86. The Balaban J connectivity index is 1.70. The first-order chi connectivity index (χ1) is 11.8. The Hall–Kier alpha value is -3.21. The summed E-state index contributed by atoms with van der Waals surface area (Å²) in [4.78, 5) is 0. The largest absolute Gasteiger partial charge is 0.497 e. The molecule has 0 N–H and O–H groups in total. The molecule has 0 aliphatic carbocycles. The van der Waals surface area contributed by atoms with Gasteiger partial charge in [0.15, 0.2) is 11.5 Å². The van der Waals surface area contributed by atoms with E-state index < -0.39 is 0 Å². The van der Waals surface area contributed by atoms with E-state index in [-0.39, 0.29) is 0 Å². The zero-order valence-corrected chi connectivity index (χ0v) is 13.3. The van der Waals surface area contributed by atoms with Gasteiger partial charge in [-0.05, 0) is 29.8 Å². The maximum atomic E-state index is 5.19. The molecule has 0 fully saturated rings. The van der Waals surface area contributed by atoms with E-state index in [1.54, 1.807) is 7.11 Å². The third kappa shape index (κ3) is 2.72. The molecule has 0 aliphatic rings. The van der Waals surface area contributed by atoms with Crippen molar-refractivity contribution in [1.82, 2.24) is 19.8 Å². The van der Waals surface area contributed by atoms with Crippen molar-refractivity contribution in [3.05, 3.63) is 78.1 Å². The van der Waals surface area contributed by atoms with Crippen LogP contribution in [0.2, 0.25) is 0 Å². The lowest BCUT2D eigenvalue weighted by Gasteiger charge is -2.04. The van der Waals surface area contributed by atoms with Gasteiger partial charge in [0.2, 0.25) is 0 Å². The number of methoxy groups -OCH3 is 1. The molecule has 0 saturated heterocycles. The molecule has 24 heavy (non-hydrogen) atoms. The number of aromatic nitrogens is 4. The fraction of sp³-hybridized carbons (Fsp3) is 0.105. The number of fused-ring (bicyclic) bond motifs is 1. The molecule has 2 aromatic carbocycles. The predicted octanol–water partition coefficient (Wildman–Crippen LogP) is 3.39. The Morgan fingerprint density at radius 1 is 0.875 bits per heavy atom. The smallest absolute Gasteiger partial charge is 0.177 e. The van der Waals surface area contributed by atoms with Crippen molar-refractivity contribution in [2.75, 3.05) is 7.11 Å². The van der Waals surface area contributed by atoms with E-state index >= 15 is 0 Å². The van der Waals surface area contributed by atoms with Gasteiger partial charge < -0.3 is 4.74 Å². The van der Waals surface area contributed by atoms with Gasteiger partial charge in [0.1, 0.15) is 5.75 Å². The van der Waals surface area contributed by atoms with Crippen LogP contribution in [0.4, 0.5) is 0 Å². The summed E-state index contributed by atoms with van der Waals surface area (Å²) >= 11 is 0. The summed E-state index contributed by atoms with van der Waals surface area (Å²) < 4.78 is 7.01. The minimum atomic E-state index is 0.663. The molecular formula is C19H16N4O. The van der Waals surface area contributed by atoms with Crippen molar-refractivity contribution in [3.8, 4) is 17.0 Å². The fourth-order valence-corrected chi connectivity index (χ4v) is 2.63. The zero-order valence-electron chi connectivity index (χ0n) is 13.3. The van der Waals surface area contributed by atoms with E-state index in [0.29, 0.717) is 6.42 Å². The Labute approximate surface area is 139 Å². The minimum Gasteiger partial charge on any atom is -0.497 e. The van der Waals surface area contributed by atoms with E-state index in [1.165, 1.54) is 0 Å². The molecule has 0 unspecified atom stereocenters. The van der Waals surface area contributed by atoms with Crippen LogP contribution in [0.1, 0.15) is 11.4 Å². The van der Waals surface area contributed by atoms with Crippen molar-refractivity contribution in [1.29, 1.82) is 0 Å². The average molecular weight is 316 g/mol. The number of hydrogen-bond donors (Lipinski definition) is 0. The van der Waals surface area contributed by atoms with E-state index in [4.69, 9.17) is 9.84 Å². The number of benzene rings is 2. The molecule has 4 rings (SSSR count). The lowest BCUT2D eigenvalue weighted by atomic mass is 10.1. The lowest BCUT2D eigenvalue weighted by Crippen LogP contribution is -2.01. The molecule has 0 atom stereocenters. The molecule has 0 radical (unpaired) electrons. The van der Waals surface area contributed by atoms with Gasteiger partial charge in [0.25, 0.3) is 0 Å². The lowest BCUT2D eigenvalue weighted by molar-refractivity contribution is 0.414. The number of rotatable bonds is 4. The quantitative estimate of drug-likeness (QED) is 0.579. The molecule has 2 heterocycles. The summed E-state index contributed by atoms with van der Waals surface area (Å²) in [7, 11) is 1.66. The number of ether oxygens (including phenoxy) is 1. The van der Waals surface area contributed by atoms with Crippen molar-refractivity contribution < 1.29 is 4.74 Å². The van der Waals surface area contributed by atoms with E-state index in [9.17, 15) is 0 Å². The molecule has 5 nitrogen and oxygen atoms in total. The van der Waals surface area contributed by atoms with Gasteiger partial charge in [-0.15, -0.1) is 10.2 Å². The predicted molar refractivity (Wildman–Crippen MR) is 92.0 cm³/mol. The Kier molecular flexibility index (Phi) is 3.67. The molecule has 2 aromatic heterocycles. The molecule has 4 aromatic rings. The standard InChI is InChI=1S/C19H16N4O/c1-24-16-9-7-14(8-10-16)13-19-21-20-18-12-11-17(22-23(18)19)15-5-3-2-4-6-15/h2-12H,13H2,1H3. The van der Waals surface area contributed by atoms with Gasteiger partial charge in [-0.1, -0.05) is 42.5 Å². The van der Waals surface area contributed by atoms with Crippen LogP contribution in [0.3, 0.4) is 0 Å². The van der Waals surface area contributed by atoms with Gasteiger partial charge >= 0.3 is 0 Å². The normalized spacial score (nSPS) is 10.9. The average Bonchev–Trinajstić information content (AvgIpc) is 3.05. The minimum absolute atomic E-state index is 0.663. The van der Waals surface area contributed by atoms with Crippen LogP contribution < -0.4 is 4.74 Å². The molecule has 118 valence electrons. The zero-order chi connectivity index (χ0) is 16.4. The third-order valence-electron chi connectivity index (χ3n) is 3.92. The van der Waals surface area contributed by atoms with Crippen molar-refractivity contribution in [3.63, 3.8) is 0 Å². The van der Waals surface area contributed by atoms with E-state index in [1.807, 2.05) is 71.2 Å². The maximum Gasteiger partial charge on any atom is 0.177 e. The molecule has 0 spiro atoms. The summed E-state index contributed by atoms with van der Waals surface area (Å²) in [6.07, 6.45) is 0.663. The first-order valence-electron chi connectivity index (χ1n) is 7.73. The van der Waals surface area contributed by atoms with Crippen molar-refractivity contribution >= 4 is 5.65 Å². The monoisotopic (exact) mass is 316 g/mol. The summed E-state index contributed by atoms with van der Waals surface area (Å²) in [5.74, 6) is 1.65. The van der Waals surface area contributed by atoms with E-state index in [2.05, 4.69) is 10.2 Å². The summed E-state index contributed by atoms with van der Waals surface area (Å²) in [5, 5.41) is 13.2. The van der Waals surface area contributed by atoms with Crippen LogP contribution >= 0.6 is 0 Å². The highest BCUT2D eigenvalue weighted by Gasteiger charge is 2.09. The number of hydrogen-bond acceptors (Lipinski definition) is 4. The fourth-order valence-electron chi connectivity index (χ4n) is 2.63. The van der Waals surface area contributed by atoms with Crippen LogP contribution in [0.5, 0.6) is 5.75 Å². The van der Waals surface area contributed by atoms with Crippen molar-refractivity contribution in [2.24, 2.45) is 0 Å². The molecule has 5 heteroatoms. The van der Waals surface area contributed by atoms with Gasteiger partial charge in [-0.2, -0.15) is 9.61 Å². The highest BCUT2D eigenvalue weighted by molar-refractivity contribution is 5.59. The van der Waals surface area contributed by atoms with Crippen LogP contribution in [-0.2, 0) is 6.42 Å². The second-order valence-electron chi connectivity index (χ2n) is 5.50. The maximum absolute atomic E-state index is 5.19. The molecule has 0 bridgehead atoms. The first-order valence-corrected chi connectivity index (χ1v) is 7.73. The highest BCUT2D eigenvalue weighted by Crippen LogP contribution is 2.18. The molecule has 0 saturated carbocycles. The Morgan fingerprint density at radius 3 is 2.42 bits per heavy atom. The van der Waals surface area contributed by atoms with Crippen LogP contribution in [0, 0.1) is 0 Å². The second-order valence-corrected chi connectivity index (χ2v) is 5.50. The van der Waals surface area contributed by atoms with Crippen molar-refractivity contribution in [2.45, 2.75) is 6.42 Å². The molecule has 0 amide bonds. The SMILES string of the molecule is COc1ccc(Cc2nnc3ccc(-c4ccccc4)nn23)cc1. The van der Waals surface area contributed by atoms with Crippen LogP contribution in [0.15, 0.2) is 66.7 Å². The van der Waals surface area contributed by atoms with Gasteiger partial charge in [0, 0.05) is 12.0 Å². The summed E-state index contributed by atoms with van der Waals surface area (Å²) in [6.45, 7) is 0. The Bertz CT molecular complexity index is 962. The first kappa shape index (κ1) is 14.4. The second kappa shape index (κ2) is 6.12. The van der Waals surface area contributed by atoms with Gasteiger partial charge in [0.05, 0.1) is 12.8 Å². The molecule has 0 aliphatic heterocycles. The van der Waals surface area contributed by atoms with Crippen LogP contribution in [-0.4, -0.2) is 26.9 Å². The van der Waals surface area contributed by atoms with Gasteiger partial charge in [-0.25, -0.2) is 0 Å². The topological polar surface area (TPSA) is 52.3 Å². The number of nitrogens with zero attached hydrogens (tertiary/aromatic N) is 4.